The monoisotopic (exact) mass is 290 g/mol. The van der Waals surface area contributed by atoms with E-state index in [4.69, 9.17) is 0 Å². The highest BCUT2D eigenvalue weighted by Crippen LogP contribution is 2.61. The van der Waals surface area contributed by atoms with Crippen molar-refractivity contribution < 1.29 is 9.59 Å². The van der Waals surface area contributed by atoms with Crippen LogP contribution in [0.2, 0.25) is 0 Å². The second-order valence-corrected chi connectivity index (χ2v) is 8.45. The van der Waals surface area contributed by atoms with Gasteiger partial charge in [0.2, 0.25) is 11.8 Å². The summed E-state index contributed by atoms with van der Waals surface area (Å²) in [5, 5.41) is 0. The summed E-state index contributed by atoms with van der Waals surface area (Å²) in [5.41, 5.74) is 5.53. The standard InChI is InChI=1S/C17H26N2O2/c1-10-2-14(10)16(21)19-18-15(20)9-17-6-11-3-12(7-17)5-13(4-11)8-17/h10-14H,2-9H2,1H3,(H,18,20)(H,19,21)/t10-,11?,12?,13?,14+,17?/m1/s1. The van der Waals surface area contributed by atoms with Gasteiger partial charge in [0.15, 0.2) is 0 Å². The van der Waals surface area contributed by atoms with Crippen LogP contribution in [0.1, 0.15) is 58.3 Å². The largest absolute Gasteiger partial charge is 0.273 e. The predicted molar refractivity (Wildman–Crippen MR) is 78.8 cm³/mol. The molecule has 5 aliphatic rings. The Balaban J connectivity index is 1.31. The van der Waals surface area contributed by atoms with Crippen molar-refractivity contribution in [2.24, 2.45) is 35.0 Å². The smallest absolute Gasteiger partial charge is 0.241 e. The van der Waals surface area contributed by atoms with Gasteiger partial charge in [-0.3, -0.25) is 20.4 Å². The lowest BCUT2D eigenvalue weighted by molar-refractivity contribution is -0.134. The summed E-state index contributed by atoms with van der Waals surface area (Å²) in [5.74, 6) is 3.19. The molecule has 0 heterocycles. The van der Waals surface area contributed by atoms with Crippen molar-refractivity contribution in [1.29, 1.82) is 0 Å². The molecule has 0 aromatic heterocycles. The number of nitrogens with one attached hydrogen (secondary N) is 2. The zero-order valence-corrected chi connectivity index (χ0v) is 12.9. The second kappa shape index (κ2) is 4.72. The minimum Gasteiger partial charge on any atom is -0.273 e. The number of carbonyl (C=O) groups excluding carboxylic acids is 2. The fourth-order valence-corrected chi connectivity index (χ4v) is 5.80. The van der Waals surface area contributed by atoms with E-state index in [0.29, 0.717) is 12.3 Å². The SMILES string of the molecule is C[C@@H]1C[C@@H]1C(=O)NNC(=O)CC12CC3CC(CC(C3)C1)C2. The minimum atomic E-state index is -0.0126. The number of hydrazine groups is 1. The van der Waals surface area contributed by atoms with Crippen LogP contribution in [-0.4, -0.2) is 11.8 Å². The molecule has 2 atom stereocenters. The van der Waals surface area contributed by atoms with Crippen LogP contribution >= 0.6 is 0 Å². The Morgan fingerprint density at radius 3 is 1.95 bits per heavy atom. The molecule has 5 saturated carbocycles. The normalized spacial score (nSPS) is 46.2. The molecule has 2 amide bonds. The number of rotatable bonds is 3. The van der Waals surface area contributed by atoms with Crippen LogP contribution in [0.25, 0.3) is 0 Å². The molecule has 0 radical (unpaired) electrons. The zero-order chi connectivity index (χ0) is 14.6. The third-order valence-corrected chi connectivity index (χ3v) is 6.47. The Kier molecular flexibility index (Phi) is 3.05. The average Bonchev–Trinajstić information content (AvgIpc) is 3.11. The van der Waals surface area contributed by atoms with Crippen molar-refractivity contribution in [2.75, 3.05) is 0 Å². The maximum atomic E-state index is 12.2. The molecule has 4 heteroatoms. The van der Waals surface area contributed by atoms with Crippen molar-refractivity contribution in [3.05, 3.63) is 0 Å². The summed E-state index contributed by atoms with van der Waals surface area (Å²) < 4.78 is 0. The molecule has 0 saturated heterocycles. The second-order valence-electron chi connectivity index (χ2n) is 8.45. The van der Waals surface area contributed by atoms with Gasteiger partial charge < -0.3 is 0 Å². The molecular weight excluding hydrogens is 264 g/mol. The molecule has 0 aromatic carbocycles. The van der Waals surface area contributed by atoms with Gasteiger partial charge in [-0.15, -0.1) is 0 Å². The van der Waals surface area contributed by atoms with E-state index in [1.807, 2.05) is 0 Å². The summed E-state index contributed by atoms with van der Waals surface area (Å²) in [7, 11) is 0. The lowest BCUT2D eigenvalue weighted by Crippen LogP contribution is -2.50. The zero-order valence-electron chi connectivity index (χ0n) is 12.9. The highest BCUT2D eigenvalue weighted by atomic mass is 16.2. The summed E-state index contributed by atoms with van der Waals surface area (Å²) in [6.45, 7) is 2.07. The van der Waals surface area contributed by atoms with E-state index in [1.165, 1.54) is 38.5 Å². The molecule has 4 bridgehead atoms. The molecule has 5 rings (SSSR count). The molecular formula is C17H26N2O2. The molecule has 0 spiro atoms. The van der Waals surface area contributed by atoms with Gasteiger partial charge in [0.25, 0.3) is 0 Å². The van der Waals surface area contributed by atoms with Crippen LogP contribution in [-0.2, 0) is 9.59 Å². The predicted octanol–water partition coefficient (Wildman–Crippen LogP) is 2.40. The first kappa shape index (κ1) is 13.6. The van der Waals surface area contributed by atoms with Gasteiger partial charge in [-0.1, -0.05) is 6.92 Å². The molecule has 5 aliphatic carbocycles. The van der Waals surface area contributed by atoms with Crippen LogP contribution in [0.4, 0.5) is 0 Å². The molecule has 0 aliphatic heterocycles. The van der Waals surface area contributed by atoms with E-state index in [1.54, 1.807) is 0 Å². The Hall–Kier alpha value is -1.06. The van der Waals surface area contributed by atoms with Crippen molar-refractivity contribution in [1.82, 2.24) is 10.9 Å². The number of carbonyl (C=O) groups is 2. The van der Waals surface area contributed by atoms with Crippen LogP contribution in [0.15, 0.2) is 0 Å². The van der Waals surface area contributed by atoms with Gasteiger partial charge >= 0.3 is 0 Å². The molecule has 4 nitrogen and oxygen atoms in total. The van der Waals surface area contributed by atoms with Crippen molar-refractivity contribution in [2.45, 2.75) is 58.3 Å². The first-order chi connectivity index (χ1) is 10.0. The highest BCUT2D eigenvalue weighted by molar-refractivity contribution is 5.85. The Morgan fingerprint density at radius 2 is 1.48 bits per heavy atom. The summed E-state index contributed by atoms with van der Waals surface area (Å²) in [4.78, 5) is 24.0. The van der Waals surface area contributed by atoms with Crippen LogP contribution in [0.5, 0.6) is 0 Å². The lowest BCUT2D eigenvalue weighted by atomic mass is 9.49. The van der Waals surface area contributed by atoms with E-state index in [9.17, 15) is 9.59 Å². The topological polar surface area (TPSA) is 58.2 Å². The van der Waals surface area contributed by atoms with Crippen molar-refractivity contribution in [3.8, 4) is 0 Å². The molecule has 0 aromatic rings. The number of amides is 2. The van der Waals surface area contributed by atoms with Crippen molar-refractivity contribution in [3.63, 3.8) is 0 Å². The van der Waals surface area contributed by atoms with Crippen LogP contribution in [0.3, 0.4) is 0 Å². The van der Waals surface area contributed by atoms with E-state index in [0.717, 1.165) is 24.2 Å². The third kappa shape index (κ3) is 2.58. The molecule has 5 fully saturated rings. The maximum absolute atomic E-state index is 12.2. The average molecular weight is 290 g/mol. The van der Waals surface area contributed by atoms with E-state index in [2.05, 4.69) is 17.8 Å². The fraction of sp³-hybridized carbons (Fsp3) is 0.882. The van der Waals surface area contributed by atoms with E-state index in [-0.39, 0.29) is 23.1 Å². The third-order valence-electron chi connectivity index (χ3n) is 6.47. The molecule has 116 valence electrons. The van der Waals surface area contributed by atoms with Gasteiger partial charge in [-0.2, -0.15) is 0 Å². The summed E-state index contributed by atoms with van der Waals surface area (Å²) in [6.07, 6.45) is 9.47. The Labute approximate surface area is 126 Å². The molecule has 0 unspecified atom stereocenters. The maximum Gasteiger partial charge on any atom is 0.241 e. The van der Waals surface area contributed by atoms with Gasteiger partial charge in [0.05, 0.1) is 0 Å². The summed E-state index contributed by atoms with van der Waals surface area (Å²) >= 11 is 0. The van der Waals surface area contributed by atoms with Crippen LogP contribution in [0, 0.1) is 35.0 Å². The lowest BCUT2D eigenvalue weighted by Gasteiger charge is -2.56. The van der Waals surface area contributed by atoms with Crippen molar-refractivity contribution >= 4 is 11.8 Å². The molecule has 21 heavy (non-hydrogen) atoms. The summed E-state index contributed by atoms with van der Waals surface area (Å²) in [6, 6.07) is 0. The minimum absolute atomic E-state index is 0.0126. The Morgan fingerprint density at radius 1 is 0.952 bits per heavy atom. The van der Waals surface area contributed by atoms with Crippen LogP contribution < -0.4 is 10.9 Å². The first-order valence-electron chi connectivity index (χ1n) is 8.62. The first-order valence-corrected chi connectivity index (χ1v) is 8.62. The van der Waals surface area contributed by atoms with Gasteiger partial charge in [0.1, 0.15) is 0 Å². The van der Waals surface area contributed by atoms with E-state index >= 15 is 0 Å². The fourth-order valence-electron chi connectivity index (χ4n) is 5.80. The van der Waals surface area contributed by atoms with Gasteiger partial charge in [-0.25, -0.2) is 0 Å². The van der Waals surface area contributed by atoms with E-state index < -0.39 is 0 Å². The van der Waals surface area contributed by atoms with Gasteiger partial charge in [-0.05, 0) is 74.0 Å². The quantitative estimate of drug-likeness (QED) is 0.784. The highest BCUT2D eigenvalue weighted by Gasteiger charge is 2.51. The Bertz CT molecular complexity index is 438. The number of hydrogen-bond acceptors (Lipinski definition) is 2. The molecule has 2 N–H and O–H groups in total. The number of hydrogen-bond donors (Lipinski definition) is 2. The van der Waals surface area contributed by atoms with Gasteiger partial charge in [0, 0.05) is 12.3 Å².